The number of benzene rings is 2. The van der Waals surface area contributed by atoms with Crippen molar-refractivity contribution in [1.29, 1.82) is 0 Å². The first kappa shape index (κ1) is 12.6. The zero-order chi connectivity index (χ0) is 14.4. The molecule has 2 aromatic carbocycles. The fourth-order valence-electron chi connectivity index (χ4n) is 2.43. The van der Waals surface area contributed by atoms with Gasteiger partial charge in [-0.15, -0.1) is 0 Å². The molecule has 0 saturated carbocycles. The zero-order valence-corrected chi connectivity index (χ0v) is 12.2. The average molecular weight is 315 g/mol. The van der Waals surface area contributed by atoms with E-state index in [0.717, 1.165) is 27.5 Å². The predicted molar refractivity (Wildman–Crippen MR) is 84.8 cm³/mol. The number of para-hydroxylation sites is 2. The number of aromatic nitrogens is 2. The van der Waals surface area contributed by atoms with E-state index in [2.05, 4.69) is 9.97 Å². The number of hydrogen-bond donors (Lipinski definition) is 0. The van der Waals surface area contributed by atoms with Gasteiger partial charge in [-0.2, -0.15) is 0 Å². The second kappa shape index (κ2) is 4.72. The van der Waals surface area contributed by atoms with Gasteiger partial charge in [0.25, 0.3) is 0 Å². The molecule has 2 heterocycles. The molecule has 5 heteroatoms. The van der Waals surface area contributed by atoms with E-state index in [4.69, 9.17) is 27.6 Å². The fourth-order valence-corrected chi connectivity index (χ4v) is 2.86. The Bertz CT molecular complexity index is 958. The van der Waals surface area contributed by atoms with E-state index in [-0.39, 0.29) is 0 Å². The molecule has 0 atom stereocenters. The van der Waals surface area contributed by atoms with Gasteiger partial charge in [0.1, 0.15) is 21.5 Å². The van der Waals surface area contributed by atoms with E-state index in [1.807, 2.05) is 42.5 Å². The molecule has 21 heavy (non-hydrogen) atoms. The molecule has 0 aliphatic heterocycles. The van der Waals surface area contributed by atoms with Gasteiger partial charge in [0.2, 0.25) is 0 Å². The third-order valence-electron chi connectivity index (χ3n) is 3.31. The lowest BCUT2D eigenvalue weighted by atomic mass is 10.1. The van der Waals surface area contributed by atoms with Crippen molar-refractivity contribution in [2.24, 2.45) is 0 Å². The first-order chi connectivity index (χ1) is 10.2. The van der Waals surface area contributed by atoms with Gasteiger partial charge in [0.15, 0.2) is 5.82 Å². The Morgan fingerprint density at radius 1 is 0.810 bits per heavy atom. The second-order valence-corrected chi connectivity index (χ2v) is 5.39. The summed E-state index contributed by atoms with van der Waals surface area (Å²) in [5.74, 6) is 0.456. The van der Waals surface area contributed by atoms with Gasteiger partial charge < -0.3 is 4.42 Å². The van der Waals surface area contributed by atoms with Crippen molar-refractivity contribution in [2.75, 3.05) is 0 Å². The highest BCUT2D eigenvalue weighted by Crippen LogP contribution is 2.34. The number of furan rings is 1. The van der Waals surface area contributed by atoms with Gasteiger partial charge in [0.05, 0.1) is 5.56 Å². The van der Waals surface area contributed by atoms with Gasteiger partial charge in [0, 0.05) is 16.8 Å². The number of nitrogens with zero attached hydrogens (tertiary/aromatic N) is 2. The SMILES string of the molecule is Clc1cc(Cl)nc(-c2cccc3c2oc2ccccc23)n1. The summed E-state index contributed by atoms with van der Waals surface area (Å²) >= 11 is 11.9. The molecular weight excluding hydrogens is 307 g/mol. The molecule has 0 aliphatic carbocycles. The lowest BCUT2D eigenvalue weighted by Crippen LogP contribution is -1.90. The van der Waals surface area contributed by atoms with E-state index < -0.39 is 0 Å². The number of hydrogen-bond acceptors (Lipinski definition) is 3. The lowest BCUT2D eigenvalue weighted by Gasteiger charge is -2.02. The first-order valence-corrected chi connectivity index (χ1v) is 7.09. The maximum atomic E-state index is 5.96. The Morgan fingerprint density at radius 3 is 2.33 bits per heavy atom. The summed E-state index contributed by atoms with van der Waals surface area (Å²) in [6, 6.07) is 15.2. The molecule has 3 nitrogen and oxygen atoms in total. The third-order valence-corrected chi connectivity index (χ3v) is 3.70. The van der Waals surface area contributed by atoms with E-state index in [0.29, 0.717) is 16.1 Å². The van der Waals surface area contributed by atoms with Crippen LogP contribution in [0, 0.1) is 0 Å². The summed E-state index contributed by atoms with van der Waals surface area (Å²) in [5, 5.41) is 2.68. The fraction of sp³-hybridized carbons (Fsp3) is 0. The molecule has 0 unspecified atom stereocenters. The van der Waals surface area contributed by atoms with Crippen molar-refractivity contribution < 1.29 is 4.42 Å². The standard InChI is InChI=1S/C16H8Cl2N2O/c17-13-8-14(18)20-16(19-13)11-6-3-5-10-9-4-1-2-7-12(9)21-15(10)11/h1-8H. The van der Waals surface area contributed by atoms with Gasteiger partial charge in [-0.05, 0) is 12.1 Å². The van der Waals surface area contributed by atoms with Gasteiger partial charge in [-0.25, -0.2) is 9.97 Å². The van der Waals surface area contributed by atoms with Crippen LogP contribution >= 0.6 is 23.2 Å². The van der Waals surface area contributed by atoms with E-state index in [1.54, 1.807) is 0 Å². The quantitative estimate of drug-likeness (QED) is 0.444. The van der Waals surface area contributed by atoms with Crippen LogP contribution in [-0.4, -0.2) is 9.97 Å². The maximum Gasteiger partial charge on any atom is 0.166 e. The molecule has 0 bridgehead atoms. The molecule has 0 saturated heterocycles. The zero-order valence-electron chi connectivity index (χ0n) is 10.7. The Kier molecular flexibility index (Phi) is 2.84. The molecular formula is C16H8Cl2N2O. The topological polar surface area (TPSA) is 38.9 Å². The molecule has 0 spiro atoms. The van der Waals surface area contributed by atoms with Crippen LogP contribution in [0.3, 0.4) is 0 Å². The van der Waals surface area contributed by atoms with Gasteiger partial charge in [-0.3, -0.25) is 0 Å². The van der Waals surface area contributed by atoms with E-state index in [1.165, 1.54) is 6.07 Å². The smallest absolute Gasteiger partial charge is 0.166 e. The monoisotopic (exact) mass is 314 g/mol. The van der Waals surface area contributed by atoms with Crippen molar-refractivity contribution in [3.05, 3.63) is 58.8 Å². The summed E-state index contributed by atoms with van der Waals surface area (Å²) in [7, 11) is 0. The summed E-state index contributed by atoms with van der Waals surface area (Å²) < 4.78 is 5.95. The maximum absolute atomic E-state index is 5.96. The van der Waals surface area contributed by atoms with Crippen molar-refractivity contribution >= 4 is 45.1 Å². The minimum absolute atomic E-state index is 0.304. The highest BCUT2D eigenvalue weighted by atomic mass is 35.5. The molecule has 2 aromatic heterocycles. The van der Waals surface area contributed by atoms with Crippen LogP contribution in [0.15, 0.2) is 52.9 Å². The largest absolute Gasteiger partial charge is 0.455 e. The predicted octanol–water partition coefficient (Wildman–Crippen LogP) is 5.35. The Hall–Kier alpha value is -2.10. The Morgan fingerprint density at radius 2 is 1.52 bits per heavy atom. The first-order valence-electron chi connectivity index (χ1n) is 6.33. The van der Waals surface area contributed by atoms with Crippen LogP contribution in [0.2, 0.25) is 10.3 Å². The number of rotatable bonds is 1. The molecule has 0 aliphatic rings. The van der Waals surface area contributed by atoms with Crippen LogP contribution in [0.1, 0.15) is 0 Å². The highest BCUT2D eigenvalue weighted by Gasteiger charge is 2.14. The highest BCUT2D eigenvalue weighted by molar-refractivity contribution is 6.33. The lowest BCUT2D eigenvalue weighted by molar-refractivity contribution is 0.669. The summed E-state index contributed by atoms with van der Waals surface area (Å²) in [5.41, 5.74) is 2.33. The van der Waals surface area contributed by atoms with Crippen molar-refractivity contribution in [3.8, 4) is 11.4 Å². The molecule has 0 amide bonds. The Balaban J connectivity index is 2.09. The summed E-state index contributed by atoms with van der Waals surface area (Å²) in [6.07, 6.45) is 0. The van der Waals surface area contributed by atoms with Crippen LogP contribution in [0.25, 0.3) is 33.3 Å². The molecule has 0 radical (unpaired) electrons. The summed E-state index contributed by atoms with van der Waals surface area (Å²) in [4.78, 5) is 8.47. The van der Waals surface area contributed by atoms with Crippen molar-refractivity contribution in [1.82, 2.24) is 9.97 Å². The van der Waals surface area contributed by atoms with Gasteiger partial charge >= 0.3 is 0 Å². The van der Waals surface area contributed by atoms with Crippen LogP contribution in [0.5, 0.6) is 0 Å². The number of fused-ring (bicyclic) bond motifs is 3. The number of halogens is 2. The molecule has 102 valence electrons. The van der Waals surface area contributed by atoms with E-state index >= 15 is 0 Å². The van der Waals surface area contributed by atoms with Crippen molar-refractivity contribution in [2.45, 2.75) is 0 Å². The van der Waals surface area contributed by atoms with Crippen LogP contribution < -0.4 is 0 Å². The molecule has 4 rings (SSSR count). The molecule has 0 fully saturated rings. The van der Waals surface area contributed by atoms with E-state index in [9.17, 15) is 0 Å². The Labute approximate surface area is 130 Å². The molecule has 4 aromatic rings. The second-order valence-electron chi connectivity index (χ2n) is 4.62. The normalized spacial score (nSPS) is 11.3. The van der Waals surface area contributed by atoms with Gasteiger partial charge in [-0.1, -0.05) is 53.5 Å². The third kappa shape index (κ3) is 2.06. The average Bonchev–Trinajstić information content (AvgIpc) is 2.84. The van der Waals surface area contributed by atoms with Crippen LogP contribution in [0.4, 0.5) is 0 Å². The van der Waals surface area contributed by atoms with Crippen LogP contribution in [-0.2, 0) is 0 Å². The minimum Gasteiger partial charge on any atom is -0.455 e. The summed E-state index contributed by atoms with van der Waals surface area (Å²) in [6.45, 7) is 0. The molecule has 0 N–H and O–H groups in total. The minimum atomic E-state index is 0.304. The van der Waals surface area contributed by atoms with Crippen molar-refractivity contribution in [3.63, 3.8) is 0 Å².